The van der Waals surface area contributed by atoms with Crippen LogP contribution >= 0.6 is 0 Å². The molecule has 0 N–H and O–H groups in total. The molecule has 0 amide bonds. The molecule has 0 aromatic rings. The molecule has 0 radical (unpaired) electrons. The van der Waals surface area contributed by atoms with Crippen molar-refractivity contribution in [3.05, 3.63) is 57.8 Å². The second-order valence-electron chi connectivity index (χ2n) is 4.15. The summed E-state index contributed by atoms with van der Waals surface area (Å²) in [7, 11) is 0. The Bertz CT molecular complexity index is 459. The minimum atomic E-state index is -0.370. The van der Waals surface area contributed by atoms with E-state index < -0.39 is 0 Å². The van der Waals surface area contributed by atoms with E-state index in [9.17, 15) is 10.1 Å². The summed E-state index contributed by atoms with van der Waals surface area (Å²) in [6, 6.07) is 0. The van der Waals surface area contributed by atoms with Gasteiger partial charge in [-0.25, -0.2) is 0 Å². The van der Waals surface area contributed by atoms with Crippen LogP contribution in [-0.4, -0.2) is 17.1 Å². The zero-order valence-corrected chi connectivity index (χ0v) is 8.58. The normalized spacial score (nSPS) is 35.1. The van der Waals surface area contributed by atoms with Gasteiger partial charge in [0.1, 0.15) is 0 Å². The molecule has 1 aliphatic heterocycles. The zero-order valence-electron chi connectivity index (χ0n) is 8.58. The van der Waals surface area contributed by atoms with Crippen LogP contribution in [0, 0.1) is 16.0 Å². The molecule has 3 rings (SSSR count). The highest BCUT2D eigenvalue weighted by molar-refractivity contribution is 5.37. The first-order valence-electron chi connectivity index (χ1n) is 5.32. The molecule has 0 saturated carbocycles. The van der Waals surface area contributed by atoms with Crippen molar-refractivity contribution in [2.75, 3.05) is 0 Å². The van der Waals surface area contributed by atoms with Gasteiger partial charge in [0.2, 0.25) is 0 Å². The number of nitrogens with zero attached hydrogens (tertiary/aromatic N) is 1. The van der Waals surface area contributed by atoms with Crippen LogP contribution in [0.15, 0.2) is 47.7 Å². The van der Waals surface area contributed by atoms with E-state index in [0.717, 1.165) is 6.42 Å². The average Bonchev–Trinajstić information content (AvgIpc) is 2.66. The first-order valence-corrected chi connectivity index (χ1v) is 5.32. The summed E-state index contributed by atoms with van der Waals surface area (Å²) in [6.45, 7) is 0. The van der Waals surface area contributed by atoms with Crippen LogP contribution in [0.25, 0.3) is 0 Å². The molecule has 3 aliphatic rings. The lowest BCUT2D eigenvalue weighted by Crippen LogP contribution is -2.17. The number of fused-ring (bicyclic) bond motifs is 3. The van der Waals surface area contributed by atoms with Gasteiger partial charge in [0.05, 0.1) is 17.1 Å². The van der Waals surface area contributed by atoms with E-state index in [2.05, 4.69) is 12.2 Å². The lowest BCUT2D eigenvalue weighted by molar-refractivity contribution is -0.420. The molecule has 1 heterocycles. The molecule has 2 aliphatic carbocycles. The van der Waals surface area contributed by atoms with E-state index in [1.807, 2.05) is 12.2 Å². The van der Waals surface area contributed by atoms with Crippen molar-refractivity contribution in [3.8, 4) is 0 Å². The van der Waals surface area contributed by atoms with Gasteiger partial charge in [0.15, 0.2) is 0 Å². The summed E-state index contributed by atoms with van der Waals surface area (Å²) >= 11 is 0. The first kappa shape index (κ1) is 9.54. The molecule has 0 bridgehead atoms. The lowest BCUT2D eigenvalue weighted by Gasteiger charge is -2.14. The summed E-state index contributed by atoms with van der Waals surface area (Å²) in [4.78, 5) is 10.3. The number of allylic oxidation sites excluding steroid dienone is 3. The topological polar surface area (TPSA) is 52.4 Å². The maximum absolute atomic E-state index is 10.7. The van der Waals surface area contributed by atoms with Crippen molar-refractivity contribution in [1.29, 1.82) is 0 Å². The monoisotopic (exact) mass is 217 g/mol. The molecule has 1 fully saturated rings. The predicted molar refractivity (Wildman–Crippen MR) is 58.2 cm³/mol. The SMILES string of the molecule is O=[N+]([O-])C1=CC2OC3CC=CC=C3C2C=C1. The van der Waals surface area contributed by atoms with Crippen molar-refractivity contribution in [2.24, 2.45) is 5.92 Å². The van der Waals surface area contributed by atoms with Crippen LogP contribution in [0.3, 0.4) is 0 Å². The molecule has 3 atom stereocenters. The molecule has 4 nitrogen and oxygen atoms in total. The van der Waals surface area contributed by atoms with Gasteiger partial charge in [-0.3, -0.25) is 10.1 Å². The van der Waals surface area contributed by atoms with Gasteiger partial charge in [-0.15, -0.1) is 0 Å². The number of rotatable bonds is 1. The Labute approximate surface area is 92.7 Å². The van der Waals surface area contributed by atoms with Crippen molar-refractivity contribution < 1.29 is 9.66 Å². The Morgan fingerprint density at radius 3 is 3.19 bits per heavy atom. The highest BCUT2D eigenvalue weighted by Gasteiger charge is 2.40. The van der Waals surface area contributed by atoms with E-state index >= 15 is 0 Å². The highest BCUT2D eigenvalue weighted by atomic mass is 16.6. The molecule has 0 spiro atoms. The standard InChI is InChI=1S/C12H11NO3/c14-13(15)8-5-6-10-9-3-1-2-4-11(9)16-12(10)7-8/h1-3,5-7,10-12H,4H2. The molecule has 16 heavy (non-hydrogen) atoms. The molecular weight excluding hydrogens is 206 g/mol. The summed E-state index contributed by atoms with van der Waals surface area (Å²) in [6.07, 6.45) is 12.0. The Kier molecular flexibility index (Phi) is 2.04. The van der Waals surface area contributed by atoms with Gasteiger partial charge in [0.25, 0.3) is 5.70 Å². The van der Waals surface area contributed by atoms with Gasteiger partial charge in [-0.05, 0) is 12.0 Å². The maximum atomic E-state index is 10.7. The summed E-state index contributed by atoms with van der Waals surface area (Å²) < 4.78 is 5.80. The van der Waals surface area contributed by atoms with Gasteiger partial charge in [-0.2, -0.15) is 0 Å². The second-order valence-corrected chi connectivity index (χ2v) is 4.15. The van der Waals surface area contributed by atoms with Crippen molar-refractivity contribution >= 4 is 0 Å². The number of nitro groups is 1. The maximum Gasteiger partial charge on any atom is 0.267 e. The molecule has 3 unspecified atom stereocenters. The molecule has 82 valence electrons. The van der Waals surface area contributed by atoms with Crippen LogP contribution in [0.5, 0.6) is 0 Å². The fourth-order valence-electron chi connectivity index (χ4n) is 2.46. The van der Waals surface area contributed by atoms with Crippen LogP contribution in [0.1, 0.15) is 6.42 Å². The zero-order chi connectivity index (χ0) is 11.1. The molecule has 0 aromatic heterocycles. The number of hydrogen-bond acceptors (Lipinski definition) is 3. The van der Waals surface area contributed by atoms with Crippen LogP contribution in [0.4, 0.5) is 0 Å². The Morgan fingerprint density at radius 2 is 2.38 bits per heavy atom. The van der Waals surface area contributed by atoms with Gasteiger partial charge >= 0.3 is 0 Å². The van der Waals surface area contributed by atoms with E-state index in [1.54, 1.807) is 12.2 Å². The molecule has 4 heteroatoms. The second kappa shape index (κ2) is 3.42. The fourth-order valence-corrected chi connectivity index (χ4v) is 2.46. The van der Waals surface area contributed by atoms with Gasteiger partial charge < -0.3 is 4.74 Å². The smallest absolute Gasteiger partial charge is 0.267 e. The third-order valence-electron chi connectivity index (χ3n) is 3.23. The Hall–Kier alpha value is -1.68. The van der Waals surface area contributed by atoms with E-state index in [0.29, 0.717) is 0 Å². The fraction of sp³-hybridized carbons (Fsp3) is 0.333. The average molecular weight is 217 g/mol. The Morgan fingerprint density at radius 1 is 1.50 bits per heavy atom. The van der Waals surface area contributed by atoms with Crippen molar-refractivity contribution in [1.82, 2.24) is 0 Å². The predicted octanol–water partition coefficient (Wildman–Crippen LogP) is 1.99. The summed E-state index contributed by atoms with van der Waals surface area (Å²) in [5.41, 5.74) is 1.37. The minimum Gasteiger partial charge on any atom is -0.365 e. The van der Waals surface area contributed by atoms with Crippen molar-refractivity contribution in [3.63, 3.8) is 0 Å². The van der Waals surface area contributed by atoms with Gasteiger partial charge in [0, 0.05) is 18.1 Å². The molecule has 0 aromatic carbocycles. The van der Waals surface area contributed by atoms with Crippen LogP contribution in [-0.2, 0) is 4.74 Å². The first-order chi connectivity index (χ1) is 7.75. The molecule has 1 saturated heterocycles. The minimum absolute atomic E-state index is 0.104. The lowest BCUT2D eigenvalue weighted by atomic mass is 9.87. The van der Waals surface area contributed by atoms with E-state index in [4.69, 9.17) is 4.74 Å². The number of hydrogen-bond donors (Lipinski definition) is 0. The van der Waals surface area contributed by atoms with E-state index in [-0.39, 0.29) is 28.7 Å². The quantitative estimate of drug-likeness (QED) is 0.498. The Balaban J connectivity index is 1.92. The molecular formula is C12H11NO3. The summed E-state index contributed by atoms with van der Waals surface area (Å²) in [5.74, 6) is 0.179. The largest absolute Gasteiger partial charge is 0.365 e. The third-order valence-corrected chi connectivity index (χ3v) is 3.23. The highest BCUT2D eigenvalue weighted by Crippen LogP contribution is 2.39. The van der Waals surface area contributed by atoms with Crippen LogP contribution < -0.4 is 0 Å². The summed E-state index contributed by atoms with van der Waals surface area (Å²) in [5, 5.41) is 10.7. The van der Waals surface area contributed by atoms with Crippen LogP contribution in [0.2, 0.25) is 0 Å². The number of ether oxygens (including phenoxy) is 1. The third kappa shape index (κ3) is 1.34. The van der Waals surface area contributed by atoms with E-state index in [1.165, 1.54) is 5.57 Å². The van der Waals surface area contributed by atoms with Crippen molar-refractivity contribution in [2.45, 2.75) is 18.6 Å². The van der Waals surface area contributed by atoms with Gasteiger partial charge in [-0.1, -0.05) is 24.3 Å².